The fraction of sp³-hybridized carbons (Fsp3) is 0.302. The first-order valence-corrected chi connectivity index (χ1v) is 19.4. The van der Waals surface area contributed by atoms with Crippen molar-refractivity contribution in [1.29, 1.82) is 0 Å². The van der Waals surface area contributed by atoms with Crippen molar-refractivity contribution in [3.05, 3.63) is 129 Å². The number of halogens is 3. The quantitative estimate of drug-likeness (QED) is 0.168. The number of nitrogens with zero attached hydrogens (tertiary/aromatic N) is 3. The van der Waals surface area contributed by atoms with E-state index in [2.05, 4.69) is 10.2 Å². The van der Waals surface area contributed by atoms with Gasteiger partial charge in [-0.05, 0) is 98.2 Å². The molecule has 4 aliphatic rings. The van der Waals surface area contributed by atoms with Crippen molar-refractivity contribution in [2.24, 2.45) is 5.41 Å². The van der Waals surface area contributed by atoms with E-state index in [1.807, 2.05) is 18.2 Å². The van der Waals surface area contributed by atoms with E-state index in [0.29, 0.717) is 33.9 Å². The van der Waals surface area contributed by atoms with E-state index < -0.39 is 35.6 Å². The Bertz CT molecular complexity index is 2360. The van der Waals surface area contributed by atoms with E-state index in [-0.39, 0.29) is 34.7 Å². The second kappa shape index (κ2) is 14.1. The number of amides is 2. The van der Waals surface area contributed by atoms with E-state index in [9.17, 15) is 23.2 Å². The van der Waals surface area contributed by atoms with Crippen LogP contribution in [0.2, 0.25) is 0 Å². The van der Waals surface area contributed by atoms with Gasteiger partial charge < -0.3 is 19.9 Å². The molecule has 1 aliphatic carbocycles. The van der Waals surface area contributed by atoms with Crippen LogP contribution in [0, 0.1) is 22.9 Å². The molecule has 280 valence electrons. The van der Waals surface area contributed by atoms with Crippen LogP contribution in [0.1, 0.15) is 72.0 Å². The van der Waals surface area contributed by atoms with Crippen LogP contribution in [-0.2, 0) is 30.4 Å². The van der Waals surface area contributed by atoms with E-state index in [0.717, 1.165) is 92.2 Å². The molecule has 5 aromatic rings. The summed E-state index contributed by atoms with van der Waals surface area (Å²) in [5, 5.41) is 2.86. The molecule has 12 heteroatoms. The molecule has 0 atom stereocenters. The smallest absolute Gasteiger partial charge is 0.261 e. The topological polar surface area (TPSA) is 91.8 Å². The number of carbonyl (C=O) groups is 3. The maximum absolute atomic E-state index is 15.9. The first kappa shape index (κ1) is 35.4. The highest BCUT2D eigenvalue weighted by molar-refractivity contribution is 7.17. The molecule has 0 bridgehead atoms. The molecule has 3 aliphatic heterocycles. The number of ketones is 1. The van der Waals surface area contributed by atoms with Gasteiger partial charge in [0.25, 0.3) is 11.8 Å². The van der Waals surface area contributed by atoms with Crippen molar-refractivity contribution < 1.29 is 32.3 Å². The second-order valence-corrected chi connectivity index (χ2v) is 16.0. The van der Waals surface area contributed by atoms with Gasteiger partial charge in [0.15, 0.2) is 5.78 Å². The molecule has 1 N–H and O–H groups in total. The van der Waals surface area contributed by atoms with Crippen molar-refractivity contribution in [3.8, 4) is 10.4 Å². The number of nitrogens with one attached hydrogen (secondary N) is 1. The van der Waals surface area contributed by atoms with E-state index in [1.54, 1.807) is 18.2 Å². The molecule has 2 saturated heterocycles. The maximum atomic E-state index is 15.9. The molecule has 0 saturated carbocycles. The lowest BCUT2D eigenvalue weighted by Gasteiger charge is -2.53. The number of pyridine rings is 1. The first-order chi connectivity index (χ1) is 26.7. The lowest BCUT2D eigenvalue weighted by Crippen LogP contribution is -2.59. The fourth-order valence-corrected chi connectivity index (χ4v) is 9.59. The number of aryl methyl sites for hydroxylation is 2. The van der Waals surface area contributed by atoms with Crippen molar-refractivity contribution in [2.45, 2.75) is 44.9 Å². The van der Waals surface area contributed by atoms with Crippen LogP contribution in [0.5, 0.6) is 0 Å². The number of para-hydroxylation sites is 1. The number of Topliss-reactive ketones (excluding diaryl/α,β-unsaturated/α-hetero) is 1. The Morgan fingerprint density at radius 1 is 0.836 bits per heavy atom. The Hall–Kier alpha value is -5.33. The normalized spacial score (nSPS) is 16.9. The van der Waals surface area contributed by atoms with Gasteiger partial charge in [0.2, 0.25) is 0 Å². The van der Waals surface area contributed by atoms with Crippen LogP contribution in [0.15, 0.2) is 72.8 Å². The van der Waals surface area contributed by atoms with Gasteiger partial charge in [0.1, 0.15) is 23.3 Å². The van der Waals surface area contributed by atoms with Crippen molar-refractivity contribution >= 4 is 46.1 Å². The Labute approximate surface area is 319 Å². The molecule has 8 nitrogen and oxygen atoms in total. The van der Waals surface area contributed by atoms with Gasteiger partial charge in [0.05, 0.1) is 21.7 Å². The molecular formula is C43H37F3N4O4S. The van der Waals surface area contributed by atoms with Gasteiger partial charge in [-0.1, -0.05) is 24.3 Å². The van der Waals surface area contributed by atoms with Gasteiger partial charge in [-0.15, -0.1) is 11.3 Å². The van der Waals surface area contributed by atoms with Crippen LogP contribution in [0.3, 0.4) is 0 Å². The number of aromatic nitrogens is 1. The zero-order chi connectivity index (χ0) is 37.8. The third-order valence-electron chi connectivity index (χ3n) is 11.4. The molecule has 55 heavy (non-hydrogen) atoms. The number of fused-ring (bicyclic) bond motifs is 4. The number of ether oxygens (including phenoxy) is 1. The summed E-state index contributed by atoms with van der Waals surface area (Å²) in [5.74, 6) is -3.00. The average Bonchev–Trinajstić information content (AvgIpc) is 3.79. The minimum absolute atomic E-state index is 0.150. The van der Waals surface area contributed by atoms with Crippen LogP contribution in [0.25, 0.3) is 10.4 Å². The van der Waals surface area contributed by atoms with Gasteiger partial charge in [-0.25, -0.2) is 18.2 Å². The summed E-state index contributed by atoms with van der Waals surface area (Å²) in [7, 11) is 0. The predicted octanol–water partition coefficient (Wildman–Crippen LogP) is 8.21. The summed E-state index contributed by atoms with van der Waals surface area (Å²) < 4.78 is 50.1. The zero-order valence-corrected chi connectivity index (χ0v) is 30.7. The van der Waals surface area contributed by atoms with Crippen LogP contribution in [0.4, 0.5) is 30.4 Å². The highest BCUT2D eigenvalue weighted by Gasteiger charge is 2.45. The van der Waals surface area contributed by atoms with Crippen molar-refractivity contribution in [1.82, 2.24) is 4.98 Å². The highest BCUT2D eigenvalue weighted by Crippen LogP contribution is 2.44. The summed E-state index contributed by atoms with van der Waals surface area (Å²) in [5.41, 5.74) is 4.59. The molecular weight excluding hydrogens is 726 g/mol. The Morgan fingerprint density at radius 3 is 2.40 bits per heavy atom. The molecule has 2 amide bonds. The number of carbonyl (C=O) groups excluding carboxylic acids is 3. The summed E-state index contributed by atoms with van der Waals surface area (Å²) in [6.07, 6.45) is 4.66. The molecule has 5 heterocycles. The number of thiophene rings is 1. The van der Waals surface area contributed by atoms with Gasteiger partial charge in [-0.3, -0.25) is 14.4 Å². The van der Waals surface area contributed by atoms with E-state index in [4.69, 9.17) is 9.72 Å². The maximum Gasteiger partial charge on any atom is 0.261 e. The Morgan fingerprint density at radius 2 is 1.62 bits per heavy atom. The van der Waals surface area contributed by atoms with E-state index in [1.165, 1.54) is 40.5 Å². The standard InChI is InChI=1S/C43H37F3N4O4S/c44-32-7-4-8-33(45)30(32)22-37(51)38-20-26-13-16-50(36-10-2-1-6-29(36)39(26)55-38)42(53)28-12-11-27(21-34(28)46)47-41(52)31-19-25-5-3-9-35(25)48-40(31)49-23-43(24-49)14-17-54-18-15-43/h1-2,4,6-8,10-12,19-21H,3,5,9,13-18,22-24H2,(H,47,52). The molecule has 2 fully saturated rings. The number of hydrogen-bond acceptors (Lipinski definition) is 7. The lowest BCUT2D eigenvalue weighted by molar-refractivity contribution is -0.000521. The molecule has 0 unspecified atom stereocenters. The monoisotopic (exact) mass is 762 g/mol. The number of anilines is 3. The lowest BCUT2D eigenvalue weighted by atomic mass is 9.73. The van der Waals surface area contributed by atoms with Gasteiger partial charge in [0, 0.05) is 72.1 Å². The number of benzene rings is 3. The minimum atomic E-state index is -0.774. The average molecular weight is 763 g/mol. The summed E-state index contributed by atoms with van der Waals surface area (Å²) in [6.45, 7) is 3.32. The first-order valence-electron chi connectivity index (χ1n) is 18.6. The van der Waals surface area contributed by atoms with Crippen LogP contribution >= 0.6 is 11.3 Å². The Balaban J connectivity index is 0.936. The molecule has 2 aromatic heterocycles. The van der Waals surface area contributed by atoms with Gasteiger partial charge in [-0.2, -0.15) is 0 Å². The number of rotatable bonds is 7. The SMILES string of the molecule is O=C(Cc1c(F)cccc1F)c1cc2c(s1)-c1ccccc1N(C(=O)c1ccc(NC(=O)c3cc4c(nc3N3CC5(CCOCC5)C3)CCC4)cc1F)CC2. The third-order valence-corrected chi connectivity index (χ3v) is 12.7. The van der Waals surface area contributed by atoms with E-state index >= 15 is 4.39 Å². The fourth-order valence-electron chi connectivity index (χ4n) is 8.41. The predicted molar refractivity (Wildman–Crippen MR) is 205 cm³/mol. The number of hydrogen-bond donors (Lipinski definition) is 1. The third kappa shape index (κ3) is 6.50. The summed E-state index contributed by atoms with van der Waals surface area (Å²) in [6, 6.07) is 18.5. The van der Waals surface area contributed by atoms with Crippen molar-refractivity contribution in [3.63, 3.8) is 0 Å². The molecule has 3 aromatic carbocycles. The van der Waals surface area contributed by atoms with Gasteiger partial charge >= 0.3 is 0 Å². The molecule has 1 spiro atoms. The van der Waals surface area contributed by atoms with Crippen molar-refractivity contribution in [2.75, 3.05) is 48.0 Å². The molecule has 0 radical (unpaired) electrons. The van der Waals surface area contributed by atoms with Crippen LogP contribution in [-0.4, -0.2) is 55.4 Å². The summed E-state index contributed by atoms with van der Waals surface area (Å²) >= 11 is 1.21. The second-order valence-electron chi connectivity index (χ2n) is 14.9. The van der Waals surface area contributed by atoms with Crippen LogP contribution < -0.4 is 15.1 Å². The largest absolute Gasteiger partial charge is 0.381 e. The Kier molecular flexibility index (Phi) is 9.05. The molecule has 9 rings (SSSR count). The summed E-state index contributed by atoms with van der Waals surface area (Å²) in [4.78, 5) is 50.9. The minimum Gasteiger partial charge on any atom is -0.381 e. The zero-order valence-electron chi connectivity index (χ0n) is 29.9. The highest BCUT2D eigenvalue weighted by atomic mass is 32.1.